The quantitative estimate of drug-likeness (QED) is 0.772. The molecule has 2 nitrogen and oxygen atoms in total. The number of halogens is 1. The van der Waals surface area contributed by atoms with Crippen LogP contribution >= 0.6 is 0 Å². The first-order chi connectivity index (χ1) is 8.69. The van der Waals surface area contributed by atoms with Crippen molar-refractivity contribution in [1.82, 2.24) is 0 Å². The normalized spacial score (nSPS) is 10.1. The van der Waals surface area contributed by atoms with E-state index in [2.05, 4.69) is 0 Å². The van der Waals surface area contributed by atoms with Gasteiger partial charge in [0.2, 0.25) is 0 Å². The number of carbonyl (C=O) groups excluding carboxylic acids is 1. The fraction of sp³-hybridized carbons (Fsp3) is 0.133. The minimum atomic E-state index is -0.328. The number of benzene rings is 2. The molecule has 2 rings (SSSR count). The summed E-state index contributed by atoms with van der Waals surface area (Å²) in [6.45, 7) is 0. The second-order valence-corrected chi connectivity index (χ2v) is 3.96. The molecule has 0 saturated carbocycles. The predicted molar refractivity (Wildman–Crippen MR) is 67.4 cm³/mol. The van der Waals surface area contributed by atoms with Crippen LogP contribution < -0.4 is 4.74 Å². The number of ether oxygens (including phenoxy) is 1. The molecule has 0 N–H and O–H groups in total. The van der Waals surface area contributed by atoms with Crippen LogP contribution in [0.1, 0.15) is 15.9 Å². The van der Waals surface area contributed by atoms with E-state index in [-0.39, 0.29) is 18.0 Å². The van der Waals surface area contributed by atoms with Crippen molar-refractivity contribution >= 4 is 5.78 Å². The largest absolute Gasteiger partial charge is 0.497 e. The molecule has 0 spiro atoms. The molecule has 3 heteroatoms. The second kappa shape index (κ2) is 5.45. The number of methoxy groups -OCH3 is 1. The minimum Gasteiger partial charge on any atom is -0.497 e. The fourth-order valence-electron chi connectivity index (χ4n) is 1.73. The molecule has 0 aliphatic heterocycles. The Morgan fingerprint density at radius 1 is 1.17 bits per heavy atom. The number of ketones is 1. The zero-order valence-electron chi connectivity index (χ0n) is 10.0. The van der Waals surface area contributed by atoms with Crippen molar-refractivity contribution in [2.45, 2.75) is 6.42 Å². The molecular formula is C15H13FO2. The van der Waals surface area contributed by atoms with Gasteiger partial charge in [-0.05, 0) is 29.8 Å². The number of rotatable bonds is 4. The van der Waals surface area contributed by atoms with E-state index >= 15 is 0 Å². The molecular weight excluding hydrogens is 231 g/mol. The van der Waals surface area contributed by atoms with Crippen molar-refractivity contribution in [2.24, 2.45) is 0 Å². The molecule has 0 fully saturated rings. The molecule has 0 bridgehead atoms. The lowest BCUT2D eigenvalue weighted by molar-refractivity contribution is 0.0992. The van der Waals surface area contributed by atoms with Gasteiger partial charge in [0, 0.05) is 12.0 Å². The van der Waals surface area contributed by atoms with Gasteiger partial charge in [0.1, 0.15) is 11.6 Å². The average Bonchev–Trinajstić information content (AvgIpc) is 2.39. The number of hydrogen-bond donors (Lipinski definition) is 0. The zero-order valence-corrected chi connectivity index (χ0v) is 10.0. The molecule has 0 unspecified atom stereocenters. The highest BCUT2D eigenvalue weighted by Gasteiger charge is 2.08. The van der Waals surface area contributed by atoms with E-state index in [1.807, 2.05) is 0 Å². The van der Waals surface area contributed by atoms with Crippen LogP contribution in [-0.4, -0.2) is 12.9 Å². The first-order valence-corrected chi connectivity index (χ1v) is 5.61. The van der Waals surface area contributed by atoms with Crippen molar-refractivity contribution in [2.75, 3.05) is 7.11 Å². The number of hydrogen-bond acceptors (Lipinski definition) is 2. The van der Waals surface area contributed by atoms with Gasteiger partial charge >= 0.3 is 0 Å². The van der Waals surface area contributed by atoms with Crippen molar-refractivity contribution in [3.63, 3.8) is 0 Å². The maximum Gasteiger partial charge on any atom is 0.167 e. The number of carbonyl (C=O) groups is 1. The van der Waals surface area contributed by atoms with Crippen LogP contribution in [0.25, 0.3) is 0 Å². The maximum absolute atomic E-state index is 13.0. The molecule has 0 atom stereocenters. The maximum atomic E-state index is 13.0. The lowest BCUT2D eigenvalue weighted by atomic mass is 10.0. The first-order valence-electron chi connectivity index (χ1n) is 5.61. The third kappa shape index (κ3) is 2.94. The molecule has 0 aromatic heterocycles. The summed E-state index contributed by atoms with van der Waals surface area (Å²) in [4.78, 5) is 12.0. The Labute approximate surface area is 105 Å². The van der Waals surface area contributed by atoms with E-state index in [4.69, 9.17) is 4.74 Å². The summed E-state index contributed by atoms with van der Waals surface area (Å²) >= 11 is 0. The number of Topliss-reactive ketones (excluding diaryl/α,β-unsaturated/α-hetero) is 1. The molecule has 0 aliphatic carbocycles. The lowest BCUT2D eigenvalue weighted by Crippen LogP contribution is -2.04. The molecule has 92 valence electrons. The summed E-state index contributed by atoms with van der Waals surface area (Å²) in [5, 5.41) is 0. The fourth-order valence-corrected chi connectivity index (χ4v) is 1.73. The Morgan fingerprint density at radius 2 is 1.94 bits per heavy atom. The minimum absolute atomic E-state index is 0.0560. The molecule has 18 heavy (non-hydrogen) atoms. The van der Waals surface area contributed by atoms with Crippen LogP contribution in [0.2, 0.25) is 0 Å². The van der Waals surface area contributed by atoms with Crippen LogP contribution in [0.4, 0.5) is 4.39 Å². The van der Waals surface area contributed by atoms with Gasteiger partial charge in [-0.3, -0.25) is 4.79 Å². The summed E-state index contributed by atoms with van der Waals surface area (Å²) < 4.78 is 18.1. The Kier molecular flexibility index (Phi) is 3.72. The van der Waals surface area contributed by atoms with Crippen molar-refractivity contribution < 1.29 is 13.9 Å². The first kappa shape index (κ1) is 12.3. The van der Waals surface area contributed by atoms with Gasteiger partial charge in [-0.2, -0.15) is 0 Å². The van der Waals surface area contributed by atoms with Crippen LogP contribution in [0.15, 0.2) is 48.5 Å². The molecule has 0 saturated heterocycles. The smallest absolute Gasteiger partial charge is 0.167 e. The van der Waals surface area contributed by atoms with Crippen LogP contribution in [0.5, 0.6) is 5.75 Å². The highest BCUT2D eigenvalue weighted by molar-refractivity contribution is 5.97. The van der Waals surface area contributed by atoms with E-state index in [9.17, 15) is 9.18 Å². The Morgan fingerprint density at radius 3 is 2.67 bits per heavy atom. The summed E-state index contributed by atoms with van der Waals surface area (Å²) in [6.07, 6.45) is 0.185. The molecule has 0 amide bonds. The van der Waals surface area contributed by atoms with Gasteiger partial charge in [-0.25, -0.2) is 4.39 Å². The topological polar surface area (TPSA) is 26.3 Å². The van der Waals surface area contributed by atoms with Crippen molar-refractivity contribution in [1.29, 1.82) is 0 Å². The summed E-state index contributed by atoms with van der Waals surface area (Å²) in [7, 11) is 1.55. The Bertz CT molecular complexity index is 564. The van der Waals surface area contributed by atoms with Gasteiger partial charge in [-0.15, -0.1) is 0 Å². The molecule has 0 heterocycles. The van der Waals surface area contributed by atoms with E-state index in [0.717, 1.165) is 0 Å². The monoisotopic (exact) mass is 244 g/mol. The Balaban J connectivity index is 2.16. The van der Waals surface area contributed by atoms with Gasteiger partial charge in [0.15, 0.2) is 5.78 Å². The third-order valence-electron chi connectivity index (χ3n) is 2.65. The molecule has 0 radical (unpaired) electrons. The van der Waals surface area contributed by atoms with Gasteiger partial charge in [0.25, 0.3) is 0 Å². The molecule has 0 aliphatic rings. The van der Waals surface area contributed by atoms with Crippen LogP contribution in [0, 0.1) is 5.82 Å². The average molecular weight is 244 g/mol. The Hall–Kier alpha value is -2.16. The van der Waals surface area contributed by atoms with E-state index in [1.165, 1.54) is 12.1 Å². The van der Waals surface area contributed by atoms with Gasteiger partial charge in [0.05, 0.1) is 7.11 Å². The molecule has 2 aromatic carbocycles. The van der Waals surface area contributed by atoms with Gasteiger partial charge in [-0.1, -0.05) is 24.3 Å². The lowest BCUT2D eigenvalue weighted by Gasteiger charge is -2.04. The highest BCUT2D eigenvalue weighted by atomic mass is 19.1. The van der Waals surface area contributed by atoms with Crippen molar-refractivity contribution in [3.05, 3.63) is 65.5 Å². The van der Waals surface area contributed by atoms with Crippen LogP contribution in [0.3, 0.4) is 0 Å². The van der Waals surface area contributed by atoms with E-state index in [0.29, 0.717) is 16.9 Å². The van der Waals surface area contributed by atoms with Crippen molar-refractivity contribution in [3.8, 4) is 5.75 Å². The summed E-state index contributed by atoms with van der Waals surface area (Å²) in [5.74, 6) is 0.255. The summed E-state index contributed by atoms with van der Waals surface area (Å²) in [6, 6.07) is 13.0. The van der Waals surface area contributed by atoms with E-state index in [1.54, 1.807) is 43.5 Å². The molecule has 2 aromatic rings. The third-order valence-corrected chi connectivity index (χ3v) is 2.65. The second-order valence-electron chi connectivity index (χ2n) is 3.96. The zero-order chi connectivity index (χ0) is 13.0. The standard InChI is InChI=1S/C15H13FO2/c1-18-14-7-3-5-12(10-14)15(17)9-11-4-2-6-13(16)8-11/h2-8,10H,9H2,1H3. The van der Waals surface area contributed by atoms with Crippen LogP contribution in [-0.2, 0) is 6.42 Å². The van der Waals surface area contributed by atoms with Gasteiger partial charge < -0.3 is 4.74 Å². The highest BCUT2D eigenvalue weighted by Crippen LogP contribution is 2.15. The van der Waals surface area contributed by atoms with E-state index < -0.39 is 0 Å². The predicted octanol–water partition coefficient (Wildman–Crippen LogP) is 3.26. The summed E-state index contributed by atoms with van der Waals surface area (Å²) in [5.41, 5.74) is 1.24. The SMILES string of the molecule is COc1cccc(C(=O)Cc2cccc(F)c2)c1.